The maximum absolute atomic E-state index is 12.9. The molecule has 3 heterocycles. The van der Waals surface area contributed by atoms with Crippen molar-refractivity contribution in [1.29, 1.82) is 0 Å². The minimum absolute atomic E-state index is 0.00267. The van der Waals surface area contributed by atoms with Crippen LogP contribution >= 0.6 is 11.8 Å². The summed E-state index contributed by atoms with van der Waals surface area (Å²) in [6.45, 7) is 1.16. The number of nitrogens with zero attached hydrogens (tertiary/aromatic N) is 3. The lowest BCUT2D eigenvalue weighted by Crippen LogP contribution is -2.53. The van der Waals surface area contributed by atoms with Crippen molar-refractivity contribution in [3.05, 3.63) is 0 Å². The normalized spacial score (nSPS) is 26.4. The Morgan fingerprint density at radius 3 is 2.64 bits per heavy atom. The predicted octanol–water partition coefficient (Wildman–Crippen LogP) is -0.326. The molecular weight excluding hydrogens is 346 g/mol. The van der Waals surface area contributed by atoms with Crippen molar-refractivity contribution in [1.82, 2.24) is 14.7 Å². The number of esters is 1. The molecule has 3 amide bonds. The van der Waals surface area contributed by atoms with Crippen LogP contribution in [-0.4, -0.2) is 88.8 Å². The van der Waals surface area contributed by atoms with Crippen LogP contribution in [0.15, 0.2) is 0 Å². The number of likely N-dealkylation sites (tertiary alicyclic amines) is 2. The third-order valence-corrected chi connectivity index (χ3v) is 6.01. The van der Waals surface area contributed by atoms with Crippen LogP contribution in [0.4, 0.5) is 0 Å². The molecule has 2 atom stereocenters. The molecule has 3 aliphatic heterocycles. The molecule has 25 heavy (non-hydrogen) atoms. The first kappa shape index (κ1) is 18.0. The van der Waals surface area contributed by atoms with Crippen molar-refractivity contribution < 1.29 is 23.9 Å². The number of methoxy groups -OCH3 is 1. The molecule has 0 N–H and O–H groups in total. The van der Waals surface area contributed by atoms with Gasteiger partial charge in [0.2, 0.25) is 17.7 Å². The van der Waals surface area contributed by atoms with E-state index in [9.17, 15) is 19.2 Å². The SMILES string of the molecule is COC(=O)[C@@H]1CSCN1C(=O)[C@@H]1CCCN1C(=O)CN1CCCC1=O. The van der Waals surface area contributed by atoms with E-state index in [2.05, 4.69) is 0 Å². The van der Waals surface area contributed by atoms with Gasteiger partial charge in [0.1, 0.15) is 12.1 Å². The van der Waals surface area contributed by atoms with Gasteiger partial charge >= 0.3 is 5.97 Å². The first-order chi connectivity index (χ1) is 12.0. The predicted molar refractivity (Wildman–Crippen MR) is 90.5 cm³/mol. The fraction of sp³-hybridized carbons (Fsp3) is 0.750. The number of thioether (sulfide) groups is 1. The summed E-state index contributed by atoms with van der Waals surface area (Å²) in [5.41, 5.74) is 0. The Bertz CT molecular complexity index is 584. The van der Waals surface area contributed by atoms with E-state index in [1.165, 1.54) is 23.8 Å². The van der Waals surface area contributed by atoms with Crippen molar-refractivity contribution in [2.45, 2.75) is 37.8 Å². The zero-order valence-corrected chi connectivity index (χ0v) is 15.1. The first-order valence-electron chi connectivity index (χ1n) is 8.56. The lowest BCUT2D eigenvalue weighted by Gasteiger charge is -2.30. The van der Waals surface area contributed by atoms with Gasteiger partial charge < -0.3 is 19.4 Å². The number of hydrogen-bond acceptors (Lipinski definition) is 6. The highest BCUT2D eigenvalue weighted by molar-refractivity contribution is 7.99. The molecule has 0 aliphatic carbocycles. The van der Waals surface area contributed by atoms with Crippen LogP contribution in [0, 0.1) is 0 Å². The monoisotopic (exact) mass is 369 g/mol. The topological polar surface area (TPSA) is 87.2 Å². The molecule has 0 radical (unpaired) electrons. The maximum atomic E-state index is 12.9. The lowest BCUT2D eigenvalue weighted by molar-refractivity contribution is -0.153. The van der Waals surface area contributed by atoms with E-state index in [1.54, 1.807) is 9.80 Å². The van der Waals surface area contributed by atoms with Crippen molar-refractivity contribution in [3.63, 3.8) is 0 Å². The fourth-order valence-corrected chi connectivity index (χ4v) is 4.78. The van der Waals surface area contributed by atoms with Gasteiger partial charge in [0.15, 0.2) is 0 Å². The van der Waals surface area contributed by atoms with E-state index in [-0.39, 0.29) is 24.3 Å². The molecule has 3 aliphatic rings. The minimum Gasteiger partial charge on any atom is -0.467 e. The molecule has 9 heteroatoms. The van der Waals surface area contributed by atoms with Crippen molar-refractivity contribution >= 4 is 35.5 Å². The summed E-state index contributed by atoms with van der Waals surface area (Å²) in [4.78, 5) is 53.8. The highest BCUT2D eigenvalue weighted by Crippen LogP contribution is 2.27. The molecule has 0 saturated carbocycles. The summed E-state index contributed by atoms with van der Waals surface area (Å²) in [5, 5.41) is 0. The molecule has 3 fully saturated rings. The average molecular weight is 369 g/mol. The standard InChI is InChI=1S/C16H23N3O5S/c1-24-16(23)12-9-25-10-19(12)15(22)11-4-2-7-18(11)14(21)8-17-6-3-5-13(17)20/h11-12H,2-10H2,1H3/t11-,12-/m0/s1. The Morgan fingerprint density at radius 2 is 1.96 bits per heavy atom. The molecule has 3 saturated heterocycles. The third kappa shape index (κ3) is 3.61. The summed E-state index contributed by atoms with van der Waals surface area (Å²) in [7, 11) is 1.31. The van der Waals surface area contributed by atoms with Gasteiger partial charge in [-0.15, -0.1) is 11.8 Å². The summed E-state index contributed by atoms with van der Waals surface area (Å²) in [6, 6.07) is -1.13. The summed E-state index contributed by atoms with van der Waals surface area (Å²) in [5.74, 6) is 0.142. The van der Waals surface area contributed by atoms with Crippen LogP contribution in [0.1, 0.15) is 25.7 Å². The molecule has 138 valence electrons. The zero-order chi connectivity index (χ0) is 18.0. The molecule has 8 nitrogen and oxygen atoms in total. The molecule has 0 bridgehead atoms. The summed E-state index contributed by atoms with van der Waals surface area (Å²) < 4.78 is 4.78. The van der Waals surface area contributed by atoms with Gasteiger partial charge in [-0.05, 0) is 19.3 Å². The number of ether oxygens (including phenoxy) is 1. The van der Waals surface area contributed by atoms with Crippen LogP contribution in [0.25, 0.3) is 0 Å². The Hall–Kier alpha value is -1.77. The van der Waals surface area contributed by atoms with E-state index >= 15 is 0 Å². The smallest absolute Gasteiger partial charge is 0.329 e. The summed E-state index contributed by atoms with van der Waals surface area (Å²) >= 11 is 1.51. The first-order valence-corrected chi connectivity index (χ1v) is 9.71. The number of rotatable bonds is 4. The Balaban J connectivity index is 1.66. The summed E-state index contributed by atoms with van der Waals surface area (Å²) in [6.07, 6.45) is 2.61. The quantitative estimate of drug-likeness (QED) is 0.631. The van der Waals surface area contributed by atoms with Gasteiger partial charge in [0, 0.05) is 25.3 Å². The average Bonchev–Trinajstić information content (AvgIpc) is 3.34. The highest BCUT2D eigenvalue weighted by Gasteiger charge is 2.43. The van der Waals surface area contributed by atoms with Crippen LogP contribution in [0.5, 0.6) is 0 Å². The Morgan fingerprint density at radius 1 is 1.16 bits per heavy atom. The van der Waals surface area contributed by atoms with Crippen molar-refractivity contribution in [2.75, 3.05) is 38.4 Å². The van der Waals surface area contributed by atoms with Crippen LogP contribution in [0.2, 0.25) is 0 Å². The Labute approximate surface area is 150 Å². The van der Waals surface area contributed by atoms with Crippen LogP contribution in [0.3, 0.4) is 0 Å². The number of carbonyl (C=O) groups is 4. The highest BCUT2D eigenvalue weighted by atomic mass is 32.2. The lowest BCUT2D eigenvalue weighted by atomic mass is 10.1. The second kappa shape index (κ2) is 7.63. The van der Waals surface area contributed by atoms with Crippen LogP contribution < -0.4 is 0 Å². The van der Waals surface area contributed by atoms with E-state index in [1.807, 2.05) is 0 Å². The van der Waals surface area contributed by atoms with Crippen LogP contribution in [-0.2, 0) is 23.9 Å². The molecule has 3 rings (SSSR count). The maximum Gasteiger partial charge on any atom is 0.329 e. The molecule has 0 aromatic carbocycles. The van der Waals surface area contributed by atoms with Gasteiger partial charge in [-0.1, -0.05) is 0 Å². The fourth-order valence-electron chi connectivity index (χ4n) is 3.63. The second-order valence-electron chi connectivity index (χ2n) is 6.51. The van der Waals surface area contributed by atoms with E-state index in [0.717, 1.165) is 12.8 Å². The van der Waals surface area contributed by atoms with Crippen molar-refractivity contribution in [2.24, 2.45) is 0 Å². The number of carbonyl (C=O) groups excluding carboxylic acids is 4. The number of hydrogen-bond donors (Lipinski definition) is 0. The van der Waals surface area contributed by atoms with E-state index in [0.29, 0.717) is 37.6 Å². The van der Waals surface area contributed by atoms with E-state index < -0.39 is 18.1 Å². The van der Waals surface area contributed by atoms with Gasteiger partial charge in [0.25, 0.3) is 0 Å². The van der Waals surface area contributed by atoms with Gasteiger partial charge in [0.05, 0.1) is 19.5 Å². The van der Waals surface area contributed by atoms with E-state index in [4.69, 9.17) is 4.74 Å². The zero-order valence-electron chi connectivity index (χ0n) is 14.3. The molecule has 0 spiro atoms. The molecule has 0 unspecified atom stereocenters. The molecule has 0 aromatic rings. The Kier molecular flexibility index (Phi) is 5.51. The second-order valence-corrected chi connectivity index (χ2v) is 7.51. The van der Waals surface area contributed by atoms with Crippen molar-refractivity contribution in [3.8, 4) is 0 Å². The number of amides is 3. The largest absolute Gasteiger partial charge is 0.467 e. The van der Waals surface area contributed by atoms with Gasteiger partial charge in [-0.2, -0.15) is 0 Å². The third-order valence-electron chi connectivity index (χ3n) is 4.99. The van der Waals surface area contributed by atoms with Gasteiger partial charge in [-0.3, -0.25) is 14.4 Å². The molecular formula is C16H23N3O5S. The van der Waals surface area contributed by atoms with Gasteiger partial charge in [-0.25, -0.2) is 4.79 Å². The minimum atomic E-state index is -0.583. The molecule has 0 aromatic heterocycles.